The van der Waals surface area contributed by atoms with Crippen LogP contribution in [0.25, 0.3) is 11.1 Å². The van der Waals surface area contributed by atoms with E-state index >= 15 is 0 Å². The molecule has 0 radical (unpaired) electrons. The molecule has 6 heteroatoms. The van der Waals surface area contributed by atoms with Crippen LogP contribution in [0.3, 0.4) is 0 Å². The van der Waals surface area contributed by atoms with Crippen molar-refractivity contribution in [2.75, 3.05) is 11.9 Å². The van der Waals surface area contributed by atoms with Crippen LogP contribution in [0.4, 0.5) is 5.69 Å². The van der Waals surface area contributed by atoms with Gasteiger partial charge in [0, 0.05) is 52.2 Å². The third-order valence-corrected chi connectivity index (χ3v) is 7.69. The van der Waals surface area contributed by atoms with E-state index in [1.807, 2.05) is 60.7 Å². The van der Waals surface area contributed by atoms with Gasteiger partial charge in [-0.2, -0.15) is 0 Å². The van der Waals surface area contributed by atoms with E-state index in [-0.39, 0.29) is 17.1 Å². The Morgan fingerprint density at radius 1 is 0.947 bits per heavy atom. The van der Waals surface area contributed by atoms with E-state index in [1.54, 1.807) is 24.3 Å². The van der Waals surface area contributed by atoms with Crippen LogP contribution in [0, 0.1) is 0 Å². The molecule has 2 unspecified atom stereocenters. The maximum atomic E-state index is 13.6. The van der Waals surface area contributed by atoms with E-state index in [1.165, 1.54) is 5.70 Å². The zero-order valence-electron chi connectivity index (χ0n) is 20.9. The Morgan fingerprint density at radius 3 is 2.53 bits per heavy atom. The Bertz CT molecular complexity index is 1470. The van der Waals surface area contributed by atoms with Crippen LogP contribution < -0.4 is 10.6 Å². The van der Waals surface area contributed by atoms with Crippen molar-refractivity contribution in [2.24, 2.45) is 0 Å². The van der Waals surface area contributed by atoms with Crippen LogP contribution >= 0.6 is 11.6 Å². The monoisotopic (exact) mass is 521 g/mol. The van der Waals surface area contributed by atoms with Crippen molar-refractivity contribution < 1.29 is 9.59 Å². The highest BCUT2D eigenvalue weighted by Crippen LogP contribution is 2.35. The summed E-state index contributed by atoms with van der Waals surface area (Å²) in [5, 5.41) is 6.60. The summed E-state index contributed by atoms with van der Waals surface area (Å²) in [7, 11) is 0. The zero-order chi connectivity index (χ0) is 26.1. The third-order valence-electron chi connectivity index (χ3n) is 7.32. The topological polar surface area (TPSA) is 61.4 Å². The molecule has 0 saturated carbocycles. The number of nitrogens with zero attached hydrogens (tertiary/aromatic N) is 1. The second kappa shape index (κ2) is 10.3. The lowest BCUT2D eigenvalue weighted by atomic mass is 9.98. The Morgan fingerprint density at radius 2 is 1.71 bits per heavy atom. The van der Waals surface area contributed by atoms with Crippen molar-refractivity contribution in [3.63, 3.8) is 0 Å². The van der Waals surface area contributed by atoms with Gasteiger partial charge in [0.25, 0.3) is 5.91 Å². The number of fused-ring (bicyclic) bond motifs is 2. The summed E-state index contributed by atoms with van der Waals surface area (Å²) in [6, 6.07) is 24.1. The van der Waals surface area contributed by atoms with Crippen molar-refractivity contribution in [3.8, 4) is 11.1 Å². The molecule has 0 saturated heterocycles. The molecule has 0 bridgehead atoms. The third kappa shape index (κ3) is 4.77. The summed E-state index contributed by atoms with van der Waals surface area (Å²) in [4.78, 5) is 29.0. The largest absolute Gasteiger partial charge is 0.374 e. The molecule has 6 rings (SSSR count). The van der Waals surface area contributed by atoms with Crippen molar-refractivity contribution in [1.29, 1.82) is 0 Å². The number of nitrogens with one attached hydrogen (secondary N) is 2. The first kappa shape index (κ1) is 24.3. The molecule has 0 spiro atoms. The average Bonchev–Trinajstić information content (AvgIpc) is 3.36. The van der Waals surface area contributed by atoms with Crippen molar-refractivity contribution in [1.82, 2.24) is 10.2 Å². The summed E-state index contributed by atoms with van der Waals surface area (Å²) >= 11 is 6.48. The van der Waals surface area contributed by atoms with Crippen LogP contribution in [0.5, 0.6) is 0 Å². The average molecular weight is 522 g/mol. The molecule has 2 aliphatic heterocycles. The minimum Gasteiger partial charge on any atom is -0.374 e. The maximum Gasteiger partial charge on any atom is 0.256 e. The summed E-state index contributed by atoms with van der Waals surface area (Å²) in [6.45, 7) is 0.804. The number of hydrogen-bond donors (Lipinski definition) is 2. The van der Waals surface area contributed by atoms with Gasteiger partial charge in [-0.05, 0) is 66.5 Å². The number of allylic oxidation sites excluding steroid dienone is 3. The van der Waals surface area contributed by atoms with Crippen molar-refractivity contribution in [3.05, 3.63) is 125 Å². The molecule has 5 nitrogen and oxygen atoms in total. The van der Waals surface area contributed by atoms with Crippen LogP contribution in [0.1, 0.15) is 40.0 Å². The molecule has 0 fully saturated rings. The Balaban J connectivity index is 1.20. The molecule has 0 aromatic heterocycles. The first-order valence-electron chi connectivity index (χ1n) is 13.0. The number of carbonyl (C=O) groups excluding carboxylic acids is 2. The predicted molar refractivity (Wildman–Crippen MR) is 152 cm³/mol. The SMILES string of the molecule is O=C(Nc1ccc(C(=O)C2C=C3C=CCN3C3=C(CCC(Cl)C3)N2)cc1)c1ccccc1-c1ccccc1. The summed E-state index contributed by atoms with van der Waals surface area (Å²) in [6.07, 6.45) is 8.72. The number of Topliss-reactive ketones (excluding diaryl/α,β-unsaturated/α-hetero) is 1. The molecule has 3 aliphatic rings. The van der Waals surface area contributed by atoms with Gasteiger partial charge < -0.3 is 15.5 Å². The molecule has 2 N–H and O–H groups in total. The lowest BCUT2D eigenvalue weighted by Gasteiger charge is -2.30. The van der Waals surface area contributed by atoms with E-state index in [0.29, 0.717) is 16.8 Å². The predicted octanol–water partition coefficient (Wildman–Crippen LogP) is 6.52. The second-order valence-electron chi connectivity index (χ2n) is 9.80. The van der Waals surface area contributed by atoms with Crippen LogP contribution in [0.15, 0.2) is 114 Å². The zero-order valence-corrected chi connectivity index (χ0v) is 21.6. The normalized spacial score (nSPS) is 20.1. The van der Waals surface area contributed by atoms with Gasteiger partial charge in [-0.15, -0.1) is 11.6 Å². The minimum atomic E-state index is -0.465. The number of halogens is 1. The van der Waals surface area contributed by atoms with Crippen LogP contribution in [-0.4, -0.2) is 34.6 Å². The first-order chi connectivity index (χ1) is 18.6. The molecule has 3 aromatic rings. The summed E-state index contributed by atoms with van der Waals surface area (Å²) in [5.41, 5.74) is 7.01. The van der Waals surface area contributed by atoms with Gasteiger partial charge in [-0.1, -0.05) is 54.6 Å². The lowest BCUT2D eigenvalue weighted by molar-refractivity contribution is 0.0966. The van der Waals surface area contributed by atoms with Crippen LogP contribution in [-0.2, 0) is 0 Å². The van der Waals surface area contributed by atoms with E-state index in [0.717, 1.165) is 48.3 Å². The number of benzene rings is 3. The van der Waals surface area contributed by atoms with E-state index in [9.17, 15) is 9.59 Å². The quantitative estimate of drug-likeness (QED) is 0.296. The highest BCUT2D eigenvalue weighted by Gasteiger charge is 2.32. The van der Waals surface area contributed by atoms with E-state index in [2.05, 4.69) is 27.7 Å². The number of hydrogen-bond acceptors (Lipinski definition) is 4. The molecule has 190 valence electrons. The van der Waals surface area contributed by atoms with Crippen LogP contribution in [0.2, 0.25) is 0 Å². The molecule has 2 heterocycles. The molecule has 1 aliphatic carbocycles. The van der Waals surface area contributed by atoms with Gasteiger partial charge in [-0.25, -0.2) is 0 Å². The highest BCUT2D eigenvalue weighted by molar-refractivity contribution is 6.20. The molecular weight excluding hydrogens is 494 g/mol. The first-order valence-corrected chi connectivity index (χ1v) is 13.4. The maximum absolute atomic E-state index is 13.6. The van der Waals surface area contributed by atoms with Gasteiger partial charge in [0.1, 0.15) is 6.04 Å². The van der Waals surface area contributed by atoms with Gasteiger partial charge in [0.2, 0.25) is 0 Å². The fourth-order valence-corrected chi connectivity index (χ4v) is 5.64. The number of amides is 1. The molecule has 2 atom stereocenters. The Hall–Kier alpha value is -4.09. The summed E-state index contributed by atoms with van der Waals surface area (Å²) in [5.74, 6) is -0.201. The fraction of sp³-hybridized carbons (Fsp3) is 0.188. The number of carbonyl (C=O) groups is 2. The van der Waals surface area contributed by atoms with Gasteiger partial charge in [0.15, 0.2) is 5.78 Å². The molecule has 1 amide bonds. The minimum absolute atomic E-state index is 0.00760. The number of alkyl halides is 1. The van der Waals surface area contributed by atoms with Crippen molar-refractivity contribution in [2.45, 2.75) is 30.7 Å². The standard InChI is InChI=1S/C32H28ClN3O2/c33-23-14-17-28-30(19-23)36-18-6-9-25(36)20-29(35-28)31(37)22-12-15-24(16-13-22)34-32(38)27-11-5-4-10-26(27)21-7-2-1-3-8-21/h1-13,15-16,20,23,29,35H,14,17-19H2,(H,34,38). The lowest BCUT2D eigenvalue weighted by Crippen LogP contribution is -2.36. The van der Waals surface area contributed by atoms with Crippen molar-refractivity contribution >= 4 is 29.0 Å². The highest BCUT2D eigenvalue weighted by atomic mass is 35.5. The Labute approximate surface area is 227 Å². The number of ketones is 1. The summed E-state index contributed by atoms with van der Waals surface area (Å²) < 4.78 is 0. The number of anilines is 1. The van der Waals surface area contributed by atoms with Gasteiger partial charge in [-0.3, -0.25) is 9.59 Å². The smallest absolute Gasteiger partial charge is 0.256 e. The number of rotatable bonds is 5. The van der Waals surface area contributed by atoms with Gasteiger partial charge in [0.05, 0.1) is 0 Å². The van der Waals surface area contributed by atoms with Gasteiger partial charge >= 0.3 is 0 Å². The fourth-order valence-electron chi connectivity index (χ4n) is 5.38. The van der Waals surface area contributed by atoms with E-state index < -0.39 is 6.04 Å². The van der Waals surface area contributed by atoms with E-state index in [4.69, 9.17) is 11.6 Å². The molecule has 38 heavy (non-hydrogen) atoms. The second-order valence-corrected chi connectivity index (χ2v) is 10.4. The molecular formula is C32H28ClN3O2. The molecule has 3 aromatic carbocycles. The Kier molecular flexibility index (Phi) is 6.61.